The zero-order valence-electron chi connectivity index (χ0n) is 13.3. The third-order valence-electron chi connectivity index (χ3n) is 3.90. The average Bonchev–Trinajstić information content (AvgIpc) is 2.54. The van der Waals surface area contributed by atoms with E-state index in [4.69, 9.17) is 19.7 Å². The lowest BCUT2D eigenvalue weighted by molar-refractivity contribution is -0.162. The largest absolute Gasteiger partial charge is 0.463 e. The number of azide groups is 1. The van der Waals surface area contributed by atoms with Crippen LogP contribution in [0.15, 0.2) is 35.4 Å². The number of nitrogens with zero attached hydrogens (tertiary/aromatic N) is 3. The van der Waals surface area contributed by atoms with Gasteiger partial charge < -0.3 is 14.2 Å². The lowest BCUT2D eigenvalue weighted by atomic mass is 9.90. The molecule has 7 heteroatoms. The summed E-state index contributed by atoms with van der Waals surface area (Å²) in [5, 5.41) is 3.78. The SMILES string of the molecule is CC(=O)OCC1OCC(N=[N+]=[N-])[C@H](OCc2ccccc2)[C@@H]1C. The highest BCUT2D eigenvalue weighted by atomic mass is 16.6. The summed E-state index contributed by atoms with van der Waals surface area (Å²) in [4.78, 5) is 13.9. The van der Waals surface area contributed by atoms with Crippen LogP contribution in [0.3, 0.4) is 0 Å². The predicted octanol–water partition coefficient (Wildman–Crippen LogP) is 2.85. The van der Waals surface area contributed by atoms with Crippen molar-refractivity contribution in [3.05, 3.63) is 46.3 Å². The minimum absolute atomic E-state index is 0.0673. The van der Waals surface area contributed by atoms with E-state index >= 15 is 0 Å². The van der Waals surface area contributed by atoms with Crippen LogP contribution in [0.4, 0.5) is 0 Å². The molecular weight excluding hydrogens is 298 g/mol. The van der Waals surface area contributed by atoms with Crippen molar-refractivity contribution in [3.8, 4) is 0 Å². The van der Waals surface area contributed by atoms with E-state index in [0.29, 0.717) is 6.61 Å². The van der Waals surface area contributed by atoms with Crippen molar-refractivity contribution in [2.75, 3.05) is 13.2 Å². The molecule has 0 aromatic heterocycles. The Bertz CT molecular complexity index is 560. The monoisotopic (exact) mass is 319 g/mol. The quantitative estimate of drug-likeness (QED) is 0.349. The van der Waals surface area contributed by atoms with E-state index in [0.717, 1.165) is 5.56 Å². The molecule has 1 aliphatic rings. The van der Waals surface area contributed by atoms with Crippen LogP contribution < -0.4 is 0 Å². The number of carbonyl (C=O) groups is 1. The minimum Gasteiger partial charge on any atom is -0.463 e. The molecule has 0 amide bonds. The molecule has 0 saturated carbocycles. The maximum Gasteiger partial charge on any atom is 0.302 e. The minimum atomic E-state index is -0.396. The molecule has 0 aliphatic carbocycles. The lowest BCUT2D eigenvalue weighted by Crippen LogP contribution is -2.50. The summed E-state index contributed by atoms with van der Waals surface area (Å²) in [5.41, 5.74) is 9.77. The van der Waals surface area contributed by atoms with E-state index < -0.39 is 6.04 Å². The van der Waals surface area contributed by atoms with E-state index in [2.05, 4.69) is 10.0 Å². The first kappa shape index (κ1) is 17.3. The summed E-state index contributed by atoms with van der Waals surface area (Å²) in [5.74, 6) is -0.415. The van der Waals surface area contributed by atoms with Gasteiger partial charge in [0.1, 0.15) is 6.61 Å². The molecule has 23 heavy (non-hydrogen) atoms. The Balaban J connectivity index is 2.02. The molecule has 124 valence electrons. The van der Waals surface area contributed by atoms with Crippen LogP contribution in [-0.4, -0.2) is 37.4 Å². The van der Waals surface area contributed by atoms with Crippen molar-refractivity contribution in [2.24, 2.45) is 11.0 Å². The van der Waals surface area contributed by atoms with Crippen LogP contribution in [0.1, 0.15) is 19.4 Å². The third-order valence-corrected chi connectivity index (χ3v) is 3.90. The van der Waals surface area contributed by atoms with Crippen molar-refractivity contribution in [1.82, 2.24) is 0 Å². The fourth-order valence-corrected chi connectivity index (χ4v) is 2.63. The Morgan fingerprint density at radius 3 is 2.83 bits per heavy atom. The van der Waals surface area contributed by atoms with Crippen LogP contribution in [0.2, 0.25) is 0 Å². The maximum atomic E-state index is 11.0. The van der Waals surface area contributed by atoms with Crippen LogP contribution in [0.25, 0.3) is 10.4 Å². The normalized spacial score (nSPS) is 27.0. The Hall–Kier alpha value is -2.08. The third kappa shape index (κ3) is 4.96. The molecule has 0 spiro atoms. The fraction of sp³-hybridized carbons (Fsp3) is 0.562. The molecule has 7 nitrogen and oxygen atoms in total. The molecule has 2 rings (SSSR count). The molecule has 1 aromatic rings. The molecule has 1 fully saturated rings. The Labute approximate surface area is 135 Å². The van der Waals surface area contributed by atoms with E-state index in [1.807, 2.05) is 37.3 Å². The van der Waals surface area contributed by atoms with Crippen molar-refractivity contribution < 1.29 is 19.0 Å². The number of carbonyl (C=O) groups excluding carboxylic acids is 1. The van der Waals surface area contributed by atoms with Gasteiger partial charge in [-0.25, -0.2) is 0 Å². The molecule has 1 saturated heterocycles. The van der Waals surface area contributed by atoms with E-state index in [9.17, 15) is 4.79 Å². The summed E-state index contributed by atoms with van der Waals surface area (Å²) in [6.07, 6.45) is -0.565. The highest BCUT2D eigenvalue weighted by Crippen LogP contribution is 2.27. The molecule has 1 aromatic carbocycles. The lowest BCUT2D eigenvalue weighted by Gasteiger charge is -2.39. The van der Waals surface area contributed by atoms with Gasteiger partial charge in [0, 0.05) is 17.8 Å². The highest BCUT2D eigenvalue weighted by Gasteiger charge is 2.38. The summed E-state index contributed by atoms with van der Waals surface area (Å²) in [6, 6.07) is 9.39. The molecular formula is C16H21N3O4. The van der Waals surface area contributed by atoms with Gasteiger partial charge in [-0.3, -0.25) is 4.79 Å². The number of hydrogen-bond donors (Lipinski definition) is 0. The first-order valence-corrected chi connectivity index (χ1v) is 7.56. The topological polar surface area (TPSA) is 93.5 Å². The van der Waals surface area contributed by atoms with Crippen LogP contribution in [0, 0.1) is 5.92 Å². The number of esters is 1. The molecule has 0 radical (unpaired) electrons. The second-order valence-electron chi connectivity index (χ2n) is 5.57. The number of rotatable bonds is 6. The van der Waals surface area contributed by atoms with Crippen LogP contribution in [0.5, 0.6) is 0 Å². The van der Waals surface area contributed by atoms with Crippen LogP contribution >= 0.6 is 0 Å². The molecule has 0 bridgehead atoms. The van der Waals surface area contributed by atoms with Gasteiger partial charge in [-0.2, -0.15) is 0 Å². The highest BCUT2D eigenvalue weighted by molar-refractivity contribution is 5.65. The summed E-state index contributed by atoms with van der Waals surface area (Å²) in [7, 11) is 0. The van der Waals surface area contributed by atoms with Crippen molar-refractivity contribution >= 4 is 5.97 Å². The number of benzene rings is 1. The predicted molar refractivity (Wildman–Crippen MR) is 83.5 cm³/mol. The van der Waals surface area contributed by atoms with Gasteiger partial charge in [0.2, 0.25) is 0 Å². The summed E-state index contributed by atoms with van der Waals surface area (Å²) >= 11 is 0. The number of ether oxygens (including phenoxy) is 3. The van der Waals surface area contributed by atoms with Crippen LogP contribution in [-0.2, 0) is 25.6 Å². The fourth-order valence-electron chi connectivity index (χ4n) is 2.63. The van der Waals surface area contributed by atoms with Gasteiger partial charge in [0.05, 0.1) is 31.5 Å². The van der Waals surface area contributed by atoms with Gasteiger partial charge in [-0.1, -0.05) is 42.4 Å². The zero-order valence-corrected chi connectivity index (χ0v) is 13.3. The van der Waals surface area contributed by atoms with Crippen molar-refractivity contribution in [1.29, 1.82) is 0 Å². The number of hydrogen-bond acceptors (Lipinski definition) is 5. The Morgan fingerprint density at radius 2 is 2.17 bits per heavy atom. The Kier molecular flexibility index (Phi) is 6.40. The van der Waals surface area contributed by atoms with Gasteiger partial charge in [-0.05, 0) is 11.1 Å². The van der Waals surface area contributed by atoms with E-state index in [1.54, 1.807) is 0 Å². The second kappa shape index (κ2) is 8.53. The first-order valence-electron chi connectivity index (χ1n) is 7.56. The van der Waals surface area contributed by atoms with Gasteiger partial charge in [-0.15, -0.1) is 0 Å². The molecule has 1 heterocycles. The van der Waals surface area contributed by atoms with Crippen molar-refractivity contribution in [2.45, 2.75) is 38.7 Å². The molecule has 0 N–H and O–H groups in total. The first-order chi connectivity index (χ1) is 11.1. The molecule has 4 atom stereocenters. The molecule has 2 unspecified atom stereocenters. The van der Waals surface area contributed by atoms with Gasteiger partial charge >= 0.3 is 5.97 Å². The maximum absolute atomic E-state index is 11.0. The molecule has 1 aliphatic heterocycles. The standard InChI is InChI=1S/C16H21N3O4/c1-11-15(10-21-12(2)20)22-9-14(18-19-17)16(11)23-8-13-6-4-3-5-7-13/h3-7,11,14-16H,8-10H2,1-2H3/t11-,14?,15?,16-/m1/s1. The summed E-state index contributed by atoms with van der Waals surface area (Å²) in [6.45, 7) is 4.15. The van der Waals surface area contributed by atoms with E-state index in [1.165, 1.54) is 6.92 Å². The smallest absolute Gasteiger partial charge is 0.302 e. The Morgan fingerprint density at radius 1 is 1.43 bits per heavy atom. The average molecular weight is 319 g/mol. The second-order valence-corrected chi connectivity index (χ2v) is 5.57. The van der Waals surface area contributed by atoms with Gasteiger partial charge in [0.25, 0.3) is 0 Å². The van der Waals surface area contributed by atoms with E-state index in [-0.39, 0.29) is 37.3 Å². The zero-order chi connectivity index (χ0) is 16.7. The van der Waals surface area contributed by atoms with Crippen molar-refractivity contribution in [3.63, 3.8) is 0 Å². The summed E-state index contributed by atoms with van der Waals surface area (Å²) < 4.78 is 16.7. The van der Waals surface area contributed by atoms with Gasteiger partial charge in [0.15, 0.2) is 0 Å².